The van der Waals surface area contributed by atoms with Crippen LogP contribution in [0, 0.1) is 0 Å². The van der Waals surface area contributed by atoms with Crippen LogP contribution in [0.2, 0.25) is 0 Å². The summed E-state index contributed by atoms with van der Waals surface area (Å²) in [5, 5.41) is 0.699. The molecule has 0 radical (unpaired) electrons. The number of nitrogens with zero attached hydrogens (tertiary/aromatic N) is 4. The third-order valence-corrected chi connectivity index (χ3v) is 4.58. The molecule has 0 amide bonds. The minimum absolute atomic E-state index is 0.185. The number of rotatable bonds is 3. The number of fused-ring (bicyclic) bond motifs is 2. The molecule has 9 heteroatoms. The van der Waals surface area contributed by atoms with Crippen LogP contribution in [0.25, 0.3) is 22.1 Å². The molecule has 0 saturated heterocycles. The number of benzene rings is 1. The zero-order valence-electron chi connectivity index (χ0n) is 14.9. The molecule has 9 nitrogen and oxygen atoms in total. The van der Waals surface area contributed by atoms with Gasteiger partial charge < -0.3 is 13.7 Å². The van der Waals surface area contributed by atoms with Crippen molar-refractivity contribution in [1.29, 1.82) is 0 Å². The highest BCUT2D eigenvalue weighted by Crippen LogP contribution is 2.24. The smallest absolute Gasteiger partial charge is 0.336 e. The van der Waals surface area contributed by atoms with Crippen LogP contribution in [-0.4, -0.2) is 25.8 Å². The molecule has 3 aromatic heterocycles. The highest BCUT2D eigenvalue weighted by Gasteiger charge is 2.16. The predicted molar refractivity (Wildman–Crippen MR) is 98.4 cm³/mol. The Morgan fingerprint density at radius 2 is 1.89 bits per heavy atom. The zero-order chi connectivity index (χ0) is 19.3. The van der Waals surface area contributed by atoms with Gasteiger partial charge in [-0.2, -0.15) is 0 Å². The summed E-state index contributed by atoms with van der Waals surface area (Å²) in [6, 6.07) is 6.52. The number of aryl methyl sites for hydroxylation is 1. The zero-order valence-corrected chi connectivity index (χ0v) is 14.9. The fraction of sp³-hybridized carbons (Fsp3) is 0.222. The van der Waals surface area contributed by atoms with Gasteiger partial charge in [-0.25, -0.2) is 14.6 Å². The Balaban J connectivity index is 1.97. The molecule has 0 N–H and O–H groups in total. The minimum atomic E-state index is -0.489. The van der Waals surface area contributed by atoms with E-state index in [0.29, 0.717) is 27.9 Å². The molecule has 0 fully saturated rings. The van der Waals surface area contributed by atoms with Gasteiger partial charge >= 0.3 is 11.3 Å². The number of hydrogen-bond acceptors (Lipinski definition) is 6. The molecule has 3 heterocycles. The van der Waals surface area contributed by atoms with Gasteiger partial charge in [0.2, 0.25) is 0 Å². The van der Waals surface area contributed by atoms with Crippen molar-refractivity contribution in [3.05, 3.63) is 67.4 Å². The molecule has 0 aliphatic heterocycles. The van der Waals surface area contributed by atoms with Crippen LogP contribution in [0.1, 0.15) is 5.56 Å². The van der Waals surface area contributed by atoms with Crippen LogP contribution in [-0.2, 0) is 20.6 Å². The van der Waals surface area contributed by atoms with Gasteiger partial charge in [0.25, 0.3) is 5.56 Å². The Bertz CT molecular complexity index is 1370. The Hall–Kier alpha value is -3.62. The normalized spacial score (nSPS) is 11.4. The fourth-order valence-electron chi connectivity index (χ4n) is 3.20. The summed E-state index contributed by atoms with van der Waals surface area (Å²) < 4.78 is 14.5. The number of ether oxygens (including phenoxy) is 1. The first kappa shape index (κ1) is 16.8. The maximum Gasteiger partial charge on any atom is 0.336 e. The predicted octanol–water partition coefficient (Wildman–Crippen LogP) is 0.597. The van der Waals surface area contributed by atoms with Crippen molar-refractivity contribution >= 4 is 22.1 Å². The van der Waals surface area contributed by atoms with Gasteiger partial charge in [0.15, 0.2) is 5.52 Å². The summed E-state index contributed by atoms with van der Waals surface area (Å²) in [4.78, 5) is 40.7. The average Bonchev–Trinajstić information content (AvgIpc) is 3.08. The van der Waals surface area contributed by atoms with E-state index < -0.39 is 16.9 Å². The molecule has 27 heavy (non-hydrogen) atoms. The van der Waals surface area contributed by atoms with Crippen molar-refractivity contribution in [2.24, 2.45) is 14.1 Å². The summed E-state index contributed by atoms with van der Waals surface area (Å²) in [5.74, 6) is 0.620. The second kappa shape index (κ2) is 5.97. The van der Waals surface area contributed by atoms with Crippen LogP contribution in [0.3, 0.4) is 0 Å². The third kappa shape index (κ3) is 2.55. The monoisotopic (exact) mass is 368 g/mol. The van der Waals surface area contributed by atoms with E-state index in [1.807, 2.05) is 0 Å². The van der Waals surface area contributed by atoms with E-state index in [-0.39, 0.29) is 12.1 Å². The summed E-state index contributed by atoms with van der Waals surface area (Å²) in [6.07, 6.45) is 1.48. The first-order valence-corrected chi connectivity index (χ1v) is 8.12. The number of aromatic nitrogens is 4. The highest BCUT2D eigenvalue weighted by atomic mass is 16.5. The van der Waals surface area contributed by atoms with Gasteiger partial charge in [0.1, 0.15) is 17.0 Å². The molecule has 1 aromatic carbocycles. The van der Waals surface area contributed by atoms with E-state index in [1.54, 1.807) is 36.9 Å². The Kier molecular flexibility index (Phi) is 3.72. The van der Waals surface area contributed by atoms with Gasteiger partial charge in [-0.3, -0.25) is 13.9 Å². The first-order valence-electron chi connectivity index (χ1n) is 8.12. The second-order valence-electron chi connectivity index (χ2n) is 6.20. The lowest BCUT2D eigenvalue weighted by atomic mass is 10.1. The van der Waals surface area contributed by atoms with Crippen LogP contribution in [0.15, 0.2) is 49.4 Å². The van der Waals surface area contributed by atoms with E-state index in [2.05, 4.69) is 4.98 Å². The Morgan fingerprint density at radius 3 is 2.63 bits per heavy atom. The van der Waals surface area contributed by atoms with Crippen molar-refractivity contribution in [2.75, 3.05) is 7.11 Å². The molecule has 0 atom stereocenters. The van der Waals surface area contributed by atoms with E-state index in [0.717, 1.165) is 4.57 Å². The molecular weight excluding hydrogens is 352 g/mol. The van der Waals surface area contributed by atoms with Gasteiger partial charge in [-0.1, -0.05) is 0 Å². The van der Waals surface area contributed by atoms with Crippen molar-refractivity contribution in [3.8, 4) is 5.75 Å². The number of hydrogen-bond donors (Lipinski definition) is 0. The number of methoxy groups -OCH3 is 1. The van der Waals surface area contributed by atoms with Crippen LogP contribution in [0.5, 0.6) is 5.75 Å². The van der Waals surface area contributed by atoms with Gasteiger partial charge in [-0.15, -0.1) is 0 Å². The summed E-state index contributed by atoms with van der Waals surface area (Å²) in [6.45, 7) is 0.228. The average molecular weight is 368 g/mol. The maximum atomic E-state index is 12.3. The van der Waals surface area contributed by atoms with Crippen molar-refractivity contribution in [1.82, 2.24) is 18.7 Å². The lowest BCUT2D eigenvalue weighted by Gasteiger charge is -2.11. The van der Waals surface area contributed by atoms with Crippen molar-refractivity contribution in [2.45, 2.75) is 6.54 Å². The molecule has 0 aliphatic carbocycles. The van der Waals surface area contributed by atoms with Gasteiger partial charge in [0, 0.05) is 25.5 Å². The number of imidazole rings is 1. The van der Waals surface area contributed by atoms with E-state index in [4.69, 9.17) is 9.15 Å². The van der Waals surface area contributed by atoms with Crippen LogP contribution >= 0.6 is 0 Å². The molecule has 138 valence electrons. The van der Waals surface area contributed by atoms with Crippen LogP contribution < -0.4 is 21.6 Å². The third-order valence-electron chi connectivity index (χ3n) is 4.58. The van der Waals surface area contributed by atoms with Crippen LogP contribution in [0.4, 0.5) is 0 Å². The SMILES string of the molecule is COc1ccc2oc(=O)cc(Cn3cnc4c(=O)n(C)c(=O)n(C)c43)c2c1. The van der Waals surface area contributed by atoms with Gasteiger partial charge in [0.05, 0.1) is 20.0 Å². The largest absolute Gasteiger partial charge is 0.497 e. The second-order valence-corrected chi connectivity index (χ2v) is 6.20. The molecule has 0 saturated carbocycles. The molecule has 4 rings (SSSR count). The topological polar surface area (TPSA) is 101 Å². The van der Waals surface area contributed by atoms with Crippen molar-refractivity contribution < 1.29 is 9.15 Å². The summed E-state index contributed by atoms with van der Waals surface area (Å²) in [5.41, 5.74) is 0.244. The molecule has 0 aliphatic rings. The minimum Gasteiger partial charge on any atom is -0.497 e. The first-order chi connectivity index (χ1) is 12.9. The Labute approximate surface area is 151 Å². The quantitative estimate of drug-likeness (QED) is 0.491. The maximum absolute atomic E-state index is 12.3. The summed E-state index contributed by atoms with van der Waals surface area (Å²) in [7, 11) is 4.53. The lowest BCUT2D eigenvalue weighted by Crippen LogP contribution is -2.37. The Morgan fingerprint density at radius 1 is 1.11 bits per heavy atom. The molecule has 4 aromatic rings. The van der Waals surface area contributed by atoms with E-state index in [1.165, 1.54) is 24.0 Å². The lowest BCUT2D eigenvalue weighted by molar-refractivity contribution is 0.415. The highest BCUT2D eigenvalue weighted by molar-refractivity contribution is 5.82. The van der Waals surface area contributed by atoms with E-state index >= 15 is 0 Å². The fourth-order valence-corrected chi connectivity index (χ4v) is 3.20. The summed E-state index contributed by atoms with van der Waals surface area (Å²) >= 11 is 0. The molecule has 0 bridgehead atoms. The molecular formula is C18H16N4O5. The standard InChI is InChI=1S/C18H16N4O5/c1-20-16-15(17(24)21(2)18(20)25)19-9-22(16)8-10-6-14(23)27-13-5-4-11(26-3)7-12(10)13/h4-7,9H,8H2,1-3H3. The molecule has 0 unspecified atom stereocenters. The molecule has 0 spiro atoms. The van der Waals surface area contributed by atoms with Crippen molar-refractivity contribution in [3.63, 3.8) is 0 Å². The van der Waals surface area contributed by atoms with Gasteiger partial charge in [-0.05, 0) is 23.8 Å². The van der Waals surface area contributed by atoms with E-state index in [9.17, 15) is 14.4 Å².